The second kappa shape index (κ2) is 6.79. The first-order valence-corrected chi connectivity index (χ1v) is 7.46. The molecule has 4 heteroatoms. The summed E-state index contributed by atoms with van der Waals surface area (Å²) in [4.78, 5) is 17.7. The van der Waals surface area contributed by atoms with Crippen molar-refractivity contribution in [2.75, 3.05) is 14.2 Å². The van der Waals surface area contributed by atoms with E-state index in [1.807, 2.05) is 14.0 Å². The second-order valence-electron chi connectivity index (χ2n) is 5.81. The Balaban J connectivity index is 2.22. The van der Waals surface area contributed by atoms with Gasteiger partial charge in [-0.25, -0.2) is 0 Å². The molecular weight excluding hydrogens is 276 g/mol. The maximum Gasteiger partial charge on any atom is 0.228 e. The van der Waals surface area contributed by atoms with Crippen molar-refractivity contribution in [1.29, 1.82) is 0 Å². The number of hydrogen-bond donors (Lipinski definition) is 1. The third-order valence-electron chi connectivity index (χ3n) is 4.11. The predicted octanol–water partition coefficient (Wildman–Crippen LogP) is 3.19. The van der Waals surface area contributed by atoms with Crippen molar-refractivity contribution in [3.63, 3.8) is 0 Å². The van der Waals surface area contributed by atoms with Crippen LogP contribution in [-0.2, 0) is 6.54 Å². The Kier molecular flexibility index (Phi) is 5.03. The lowest BCUT2D eigenvalue weighted by Crippen LogP contribution is -2.26. The average Bonchev–Trinajstić information content (AvgIpc) is 2.50. The normalized spacial score (nSPS) is 12.5. The fourth-order valence-electron chi connectivity index (χ4n) is 2.60. The highest BCUT2D eigenvalue weighted by Crippen LogP contribution is 2.21. The number of benzene rings is 1. The van der Waals surface area contributed by atoms with Gasteiger partial charge in [-0.1, -0.05) is 29.8 Å². The van der Waals surface area contributed by atoms with Crippen LogP contribution in [-0.4, -0.2) is 24.0 Å². The van der Waals surface area contributed by atoms with Gasteiger partial charge in [0.05, 0.1) is 12.8 Å². The first kappa shape index (κ1) is 16.3. The lowest BCUT2D eigenvalue weighted by atomic mass is 10.0. The quantitative estimate of drug-likeness (QED) is 0.922. The zero-order valence-electron chi connectivity index (χ0n) is 13.9. The van der Waals surface area contributed by atoms with Crippen LogP contribution in [0.1, 0.15) is 35.3 Å². The number of ether oxygens (including phenoxy) is 1. The maximum atomic E-state index is 12.4. The fraction of sp³-hybridized carbons (Fsp3) is 0.389. The standard InChI is InChI=1S/C18H24N2O2/c1-12-7-6-8-15(9-12)14(3)20(4)11-16-10-19-13(2)18(22-5)17(16)21/h6-10,14H,11H2,1-5H3,(H,19,21). The van der Waals surface area contributed by atoms with E-state index >= 15 is 0 Å². The molecule has 1 aromatic heterocycles. The molecular formula is C18H24N2O2. The first-order valence-electron chi connectivity index (χ1n) is 7.46. The van der Waals surface area contributed by atoms with Crippen LogP contribution in [0.2, 0.25) is 0 Å². The van der Waals surface area contributed by atoms with E-state index in [9.17, 15) is 4.79 Å². The Morgan fingerprint density at radius 1 is 1.32 bits per heavy atom. The van der Waals surface area contributed by atoms with E-state index in [2.05, 4.69) is 48.0 Å². The van der Waals surface area contributed by atoms with Gasteiger partial charge in [0.1, 0.15) is 0 Å². The molecule has 22 heavy (non-hydrogen) atoms. The van der Waals surface area contributed by atoms with Crippen molar-refractivity contribution < 1.29 is 4.74 Å². The van der Waals surface area contributed by atoms with Gasteiger partial charge in [-0.05, 0) is 33.4 Å². The minimum Gasteiger partial charge on any atom is -0.491 e. The topological polar surface area (TPSA) is 45.3 Å². The maximum absolute atomic E-state index is 12.4. The summed E-state index contributed by atoms with van der Waals surface area (Å²) >= 11 is 0. The Morgan fingerprint density at radius 3 is 2.68 bits per heavy atom. The summed E-state index contributed by atoms with van der Waals surface area (Å²) in [6.45, 7) is 6.64. The highest BCUT2D eigenvalue weighted by atomic mass is 16.5. The summed E-state index contributed by atoms with van der Waals surface area (Å²) < 4.78 is 5.20. The molecule has 0 amide bonds. The predicted molar refractivity (Wildman–Crippen MR) is 89.4 cm³/mol. The van der Waals surface area contributed by atoms with Crippen molar-refractivity contribution in [3.8, 4) is 5.75 Å². The molecule has 0 bridgehead atoms. The SMILES string of the molecule is COc1c(C)[nH]cc(CN(C)C(C)c2cccc(C)c2)c1=O. The Labute approximate surface area is 131 Å². The number of aromatic amines is 1. The van der Waals surface area contributed by atoms with E-state index in [1.54, 1.807) is 6.20 Å². The summed E-state index contributed by atoms with van der Waals surface area (Å²) in [5, 5.41) is 0. The van der Waals surface area contributed by atoms with Crippen LogP contribution in [0.5, 0.6) is 5.75 Å². The average molecular weight is 300 g/mol. The second-order valence-corrected chi connectivity index (χ2v) is 5.81. The Hall–Kier alpha value is -2.07. The molecule has 0 spiro atoms. The van der Waals surface area contributed by atoms with Crippen molar-refractivity contribution in [3.05, 3.63) is 63.1 Å². The van der Waals surface area contributed by atoms with Crippen LogP contribution in [0.25, 0.3) is 0 Å². The van der Waals surface area contributed by atoms with E-state index in [-0.39, 0.29) is 11.5 Å². The molecule has 1 aromatic carbocycles. The van der Waals surface area contributed by atoms with Gasteiger partial charge < -0.3 is 9.72 Å². The molecule has 1 heterocycles. The van der Waals surface area contributed by atoms with Crippen LogP contribution in [0.15, 0.2) is 35.3 Å². The monoisotopic (exact) mass is 300 g/mol. The van der Waals surface area contributed by atoms with Crippen LogP contribution < -0.4 is 10.2 Å². The van der Waals surface area contributed by atoms with Gasteiger partial charge >= 0.3 is 0 Å². The summed E-state index contributed by atoms with van der Waals surface area (Å²) in [6, 6.07) is 8.68. The van der Waals surface area contributed by atoms with Crippen molar-refractivity contribution in [1.82, 2.24) is 9.88 Å². The molecule has 1 N–H and O–H groups in total. The molecule has 0 saturated heterocycles. The van der Waals surface area contributed by atoms with Crippen LogP contribution in [0.4, 0.5) is 0 Å². The van der Waals surface area contributed by atoms with Gasteiger partial charge in [0.25, 0.3) is 0 Å². The number of nitrogens with one attached hydrogen (secondary N) is 1. The third-order valence-corrected chi connectivity index (χ3v) is 4.11. The Morgan fingerprint density at radius 2 is 2.05 bits per heavy atom. The summed E-state index contributed by atoms with van der Waals surface area (Å²) in [7, 11) is 3.55. The van der Waals surface area contributed by atoms with Gasteiger partial charge in [-0.2, -0.15) is 0 Å². The number of aromatic nitrogens is 1. The van der Waals surface area contributed by atoms with Gasteiger partial charge in [0.15, 0.2) is 5.75 Å². The number of nitrogens with zero attached hydrogens (tertiary/aromatic N) is 1. The van der Waals surface area contributed by atoms with Gasteiger partial charge in [0, 0.05) is 24.3 Å². The molecule has 0 fully saturated rings. The molecule has 0 aliphatic carbocycles. The summed E-state index contributed by atoms with van der Waals surface area (Å²) in [5.74, 6) is 0.397. The molecule has 1 atom stereocenters. The highest BCUT2D eigenvalue weighted by molar-refractivity contribution is 5.31. The lowest BCUT2D eigenvalue weighted by molar-refractivity contribution is 0.251. The minimum atomic E-state index is -0.0398. The molecule has 118 valence electrons. The van der Waals surface area contributed by atoms with E-state index < -0.39 is 0 Å². The van der Waals surface area contributed by atoms with E-state index in [1.165, 1.54) is 18.2 Å². The molecule has 4 nitrogen and oxygen atoms in total. The first-order chi connectivity index (χ1) is 10.4. The Bertz CT molecular complexity index is 706. The lowest BCUT2D eigenvalue weighted by Gasteiger charge is -2.25. The highest BCUT2D eigenvalue weighted by Gasteiger charge is 2.16. The third kappa shape index (κ3) is 3.39. The van der Waals surface area contributed by atoms with Crippen LogP contribution in [0, 0.1) is 13.8 Å². The zero-order valence-corrected chi connectivity index (χ0v) is 13.9. The van der Waals surface area contributed by atoms with E-state index in [4.69, 9.17) is 4.74 Å². The van der Waals surface area contributed by atoms with Crippen molar-refractivity contribution in [2.24, 2.45) is 0 Å². The summed E-state index contributed by atoms with van der Waals surface area (Å²) in [5.41, 5.74) is 3.92. The smallest absolute Gasteiger partial charge is 0.228 e. The van der Waals surface area contributed by atoms with Crippen molar-refractivity contribution in [2.45, 2.75) is 33.4 Å². The van der Waals surface area contributed by atoms with E-state index in [0.29, 0.717) is 17.9 Å². The zero-order chi connectivity index (χ0) is 16.3. The number of H-pyrrole nitrogens is 1. The number of pyridine rings is 1. The molecule has 2 rings (SSSR count). The molecule has 0 saturated carbocycles. The van der Waals surface area contributed by atoms with Crippen LogP contribution >= 0.6 is 0 Å². The number of hydrogen-bond acceptors (Lipinski definition) is 3. The summed E-state index contributed by atoms with van der Waals surface area (Å²) in [6.07, 6.45) is 1.78. The molecule has 2 aromatic rings. The van der Waals surface area contributed by atoms with Crippen molar-refractivity contribution >= 4 is 0 Å². The molecule has 1 unspecified atom stereocenters. The fourth-order valence-corrected chi connectivity index (χ4v) is 2.60. The number of rotatable bonds is 5. The van der Waals surface area contributed by atoms with Gasteiger partial charge in [0.2, 0.25) is 5.43 Å². The molecule has 0 aliphatic rings. The number of aryl methyl sites for hydroxylation is 2. The number of methoxy groups -OCH3 is 1. The van der Waals surface area contributed by atoms with Gasteiger partial charge in [-0.15, -0.1) is 0 Å². The largest absolute Gasteiger partial charge is 0.491 e. The molecule has 0 aliphatic heterocycles. The molecule has 0 radical (unpaired) electrons. The van der Waals surface area contributed by atoms with Crippen LogP contribution in [0.3, 0.4) is 0 Å². The van der Waals surface area contributed by atoms with E-state index in [0.717, 1.165) is 5.69 Å². The minimum absolute atomic E-state index is 0.0398. The van der Waals surface area contributed by atoms with Gasteiger partial charge in [-0.3, -0.25) is 9.69 Å².